The SMILES string of the molecule is COc1ccc(NC(N)=NCC2CCCN(C(C)C)C2)cc1.I. The molecule has 5 nitrogen and oxygen atoms in total. The minimum atomic E-state index is 0. The Bertz CT molecular complexity index is 490. The molecule has 23 heavy (non-hydrogen) atoms. The highest BCUT2D eigenvalue weighted by Crippen LogP contribution is 2.19. The Kier molecular flexibility index (Phi) is 8.68. The van der Waals surface area contributed by atoms with Crippen LogP contribution in [0.25, 0.3) is 0 Å². The number of hydrogen-bond donors (Lipinski definition) is 2. The van der Waals surface area contributed by atoms with E-state index in [0.717, 1.165) is 24.5 Å². The van der Waals surface area contributed by atoms with Gasteiger partial charge in [0, 0.05) is 24.8 Å². The van der Waals surface area contributed by atoms with E-state index in [2.05, 4.69) is 29.1 Å². The summed E-state index contributed by atoms with van der Waals surface area (Å²) >= 11 is 0. The maximum Gasteiger partial charge on any atom is 0.193 e. The molecule has 1 aliphatic rings. The lowest BCUT2D eigenvalue weighted by Gasteiger charge is -2.34. The lowest BCUT2D eigenvalue weighted by Crippen LogP contribution is -2.41. The molecule has 130 valence electrons. The van der Waals surface area contributed by atoms with Crippen LogP contribution in [0.4, 0.5) is 5.69 Å². The molecule has 1 fully saturated rings. The zero-order valence-electron chi connectivity index (χ0n) is 14.3. The first-order valence-electron chi connectivity index (χ1n) is 8.03. The Hall–Kier alpha value is -1.02. The summed E-state index contributed by atoms with van der Waals surface area (Å²) in [6.45, 7) is 7.63. The third-order valence-corrected chi connectivity index (χ3v) is 4.16. The molecular formula is C17H29IN4O. The van der Waals surface area contributed by atoms with Gasteiger partial charge in [-0.1, -0.05) is 0 Å². The molecule has 1 atom stereocenters. The summed E-state index contributed by atoms with van der Waals surface area (Å²) in [4.78, 5) is 7.03. The molecule has 6 heteroatoms. The number of ether oxygens (including phenoxy) is 1. The van der Waals surface area contributed by atoms with E-state index in [-0.39, 0.29) is 24.0 Å². The van der Waals surface area contributed by atoms with Crippen LogP contribution in [0, 0.1) is 5.92 Å². The monoisotopic (exact) mass is 432 g/mol. The summed E-state index contributed by atoms with van der Waals surface area (Å²) in [5.41, 5.74) is 6.91. The van der Waals surface area contributed by atoms with E-state index in [0.29, 0.717) is 17.9 Å². The molecule has 1 aromatic rings. The lowest BCUT2D eigenvalue weighted by atomic mass is 9.97. The number of hydrogen-bond acceptors (Lipinski definition) is 3. The van der Waals surface area contributed by atoms with Gasteiger partial charge in [0.15, 0.2) is 5.96 Å². The molecule has 1 aliphatic heterocycles. The maximum absolute atomic E-state index is 5.98. The predicted molar refractivity (Wildman–Crippen MR) is 108 cm³/mol. The van der Waals surface area contributed by atoms with Gasteiger partial charge in [0.2, 0.25) is 0 Å². The second kappa shape index (κ2) is 9.97. The Morgan fingerprint density at radius 2 is 2.09 bits per heavy atom. The van der Waals surface area contributed by atoms with Gasteiger partial charge in [-0.15, -0.1) is 24.0 Å². The van der Waals surface area contributed by atoms with E-state index < -0.39 is 0 Å². The number of anilines is 1. The summed E-state index contributed by atoms with van der Waals surface area (Å²) in [6, 6.07) is 8.28. The molecule has 0 spiro atoms. The molecule has 3 N–H and O–H groups in total. The van der Waals surface area contributed by atoms with Crippen molar-refractivity contribution >= 4 is 35.6 Å². The second-order valence-electron chi connectivity index (χ2n) is 6.18. The van der Waals surface area contributed by atoms with Gasteiger partial charge in [-0.25, -0.2) is 0 Å². The fourth-order valence-corrected chi connectivity index (χ4v) is 2.80. The fraction of sp³-hybridized carbons (Fsp3) is 0.588. The fourth-order valence-electron chi connectivity index (χ4n) is 2.80. The Morgan fingerprint density at radius 3 is 2.70 bits per heavy atom. The Balaban J connectivity index is 0.00000264. The first-order valence-corrected chi connectivity index (χ1v) is 8.03. The quantitative estimate of drug-likeness (QED) is 0.426. The van der Waals surface area contributed by atoms with Gasteiger partial charge in [-0.2, -0.15) is 0 Å². The van der Waals surface area contributed by atoms with Crippen LogP contribution >= 0.6 is 24.0 Å². The number of methoxy groups -OCH3 is 1. The molecule has 0 radical (unpaired) electrons. The highest BCUT2D eigenvalue weighted by atomic mass is 127. The zero-order chi connectivity index (χ0) is 15.9. The van der Waals surface area contributed by atoms with Gasteiger partial charge in [0.25, 0.3) is 0 Å². The van der Waals surface area contributed by atoms with Gasteiger partial charge in [-0.3, -0.25) is 4.99 Å². The molecule has 1 saturated heterocycles. The van der Waals surface area contributed by atoms with Crippen molar-refractivity contribution in [1.82, 2.24) is 4.90 Å². The summed E-state index contributed by atoms with van der Waals surface area (Å²) in [7, 11) is 1.66. The first-order chi connectivity index (χ1) is 10.6. The Labute approximate surface area is 156 Å². The van der Waals surface area contributed by atoms with Crippen molar-refractivity contribution < 1.29 is 4.74 Å². The van der Waals surface area contributed by atoms with E-state index >= 15 is 0 Å². The van der Waals surface area contributed by atoms with Gasteiger partial charge in [0.1, 0.15) is 5.75 Å². The summed E-state index contributed by atoms with van der Waals surface area (Å²) < 4.78 is 5.14. The summed E-state index contributed by atoms with van der Waals surface area (Å²) in [6.07, 6.45) is 2.49. The van der Waals surface area contributed by atoms with Gasteiger partial charge in [0.05, 0.1) is 7.11 Å². The lowest BCUT2D eigenvalue weighted by molar-refractivity contribution is 0.143. The van der Waals surface area contributed by atoms with Gasteiger partial charge in [-0.05, 0) is 63.4 Å². The second-order valence-corrected chi connectivity index (χ2v) is 6.18. The van der Waals surface area contributed by atoms with E-state index in [1.165, 1.54) is 19.4 Å². The molecular weight excluding hydrogens is 403 g/mol. The van der Waals surface area contributed by atoms with Crippen molar-refractivity contribution in [2.24, 2.45) is 16.6 Å². The van der Waals surface area contributed by atoms with Crippen LogP contribution in [0.3, 0.4) is 0 Å². The average Bonchev–Trinajstić information content (AvgIpc) is 2.54. The standard InChI is InChI=1S/C17H28N4O.HI/c1-13(2)21-10-4-5-14(12-21)11-19-17(18)20-15-6-8-16(22-3)9-7-15;/h6-9,13-14H,4-5,10-12H2,1-3H3,(H3,18,19,20);1H. The number of piperidine rings is 1. The largest absolute Gasteiger partial charge is 0.497 e. The molecule has 0 aliphatic carbocycles. The normalized spacial score (nSPS) is 19.3. The summed E-state index contributed by atoms with van der Waals surface area (Å²) in [5, 5.41) is 3.13. The van der Waals surface area contributed by atoms with Gasteiger partial charge >= 0.3 is 0 Å². The van der Waals surface area contributed by atoms with Crippen molar-refractivity contribution in [2.45, 2.75) is 32.7 Å². The molecule has 1 heterocycles. The van der Waals surface area contributed by atoms with Crippen molar-refractivity contribution in [3.05, 3.63) is 24.3 Å². The van der Waals surface area contributed by atoms with Gasteiger partial charge < -0.3 is 20.7 Å². The molecule has 0 amide bonds. The van der Waals surface area contributed by atoms with E-state index in [1.807, 2.05) is 24.3 Å². The number of likely N-dealkylation sites (tertiary alicyclic amines) is 1. The number of nitrogens with one attached hydrogen (secondary N) is 1. The van der Waals surface area contributed by atoms with Crippen LogP contribution in [0.5, 0.6) is 5.75 Å². The molecule has 2 rings (SSSR count). The molecule has 0 aromatic heterocycles. The van der Waals surface area contributed by atoms with Crippen LogP contribution in [0.1, 0.15) is 26.7 Å². The molecule has 1 unspecified atom stereocenters. The highest BCUT2D eigenvalue weighted by molar-refractivity contribution is 14.0. The van der Waals surface area contributed by atoms with Crippen LogP contribution < -0.4 is 15.8 Å². The maximum atomic E-state index is 5.98. The van der Waals surface area contributed by atoms with Crippen LogP contribution in [0.15, 0.2) is 29.3 Å². The number of guanidine groups is 1. The van der Waals surface area contributed by atoms with Crippen molar-refractivity contribution in [3.63, 3.8) is 0 Å². The molecule has 1 aromatic carbocycles. The Morgan fingerprint density at radius 1 is 1.39 bits per heavy atom. The average molecular weight is 432 g/mol. The minimum Gasteiger partial charge on any atom is -0.497 e. The predicted octanol–water partition coefficient (Wildman–Crippen LogP) is 3.16. The number of rotatable bonds is 5. The van der Waals surface area contributed by atoms with Crippen molar-refractivity contribution in [2.75, 3.05) is 32.1 Å². The summed E-state index contributed by atoms with van der Waals surface area (Å²) in [5.74, 6) is 1.91. The van der Waals surface area contributed by atoms with Crippen LogP contribution in [-0.2, 0) is 0 Å². The smallest absolute Gasteiger partial charge is 0.193 e. The van der Waals surface area contributed by atoms with E-state index in [4.69, 9.17) is 10.5 Å². The number of nitrogens with two attached hydrogens (primary N) is 1. The minimum absolute atomic E-state index is 0. The number of benzene rings is 1. The number of nitrogens with zero attached hydrogens (tertiary/aromatic N) is 2. The van der Waals surface area contributed by atoms with Crippen LogP contribution in [0.2, 0.25) is 0 Å². The third kappa shape index (κ3) is 6.55. The van der Waals surface area contributed by atoms with Crippen molar-refractivity contribution in [1.29, 1.82) is 0 Å². The first kappa shape index (κ1) is 20.0. The zero-order valence-corrected chi connectivity index (χ0v) is 16.6. The highest BCUT2D eigenvalue weighted by Gasteiger charge is 2.21. The van der Waals surface area contributed by atoms with Crippen molar-refractivity contribution in [3.8, 4) is 5.75 Å². The van der Waals surface area contributed by atoms with E-state index in [1.54, 1.807) is 7.11 Å². The van der Waals surface area contributed by atoms with Crippen LogP contribution in [-0.4, -0.2) is 43.6 Å². The van der Waals surface area contributed by atoms with E-state index in [9.17, 15) is 0 Å². The number of aliphatic imine (C=N–C) groups is 1. The third-order valence-electron chi connectivity index (χ3n) is 4.16. The molecule has 0 saturated carbocycles. The topological polar surface area (TPSA) is 62.9 Å². The molecule has 0 bridgehead atoms. The number of halogens is 1.